The maximum absolute atomic E-state index is 13.9. The number of rotatable bonds is 6. The van der Waals surface area contributed by atoms with Crippen molar-refractivity contribution in [2.75, 3.05) is 0 Å². The molecule has 5 rings (SSSR count). The number of carbonyl (C=O) groups excluding carboxylic acids is 2. The summed E-state index contributed by atoms with van der Waals surface area (Å²) in [6, 6.07) is 18.5. The first kappa shape index (κ1) is 24.3. The molecule has 6 heteroatoms. The second kappa shape index (κ2) is 9.92. The van der Waals surface area contributed by atoms with Crippen molar-refractivity contribution in [2.45, 2.75) is 84.0 Å². The van der Waals surface area contributed by atoms with Gasteiger partial charge in [-0.05, 0) is 50.3 Å². The molecule has 1 aliphatic carbocycles. The van der Waals surface area contributed by atoms with Gasteiger partial charge >= 0.3 is 0 Å². The number of fused-ring (bicyclic) bond motifs is 1. The highest BCUT2D eigenvalue weighted by molar-refractivity contribution is 6.00. The van der Waals surface area contributed by atoms with Crippen LogP contribution < -0.4 is 5.32 Å². The van der Waals surface area contributed by atoms with E-state index in [1.165, 1.54) is 17.5 Å². The van der Waals surface area contributed by atoms with Gasteiger partial charge in [-0.2, -0.15) is 5.10 Å². The minimum absolute atomic E-state index is 0.0927. The van der Waals surface area contributed by atoms with Gasteiger partial charge in [0.25, 0.3) is 5.91 Å². The number of carbonyl (C=O) groups is 2. The van der Waals surface area contributed by atoms with Crippen LogP contribution in [0.25, 0.3) is 11.3 Å². The van der Waals surface area contributed by atoms with Crippen molar-refractivity contribution in [3.63, 3.8) is 0 Å². The van der Waals surface area contributed by atoms with Gasteiger partial charge in [0, 0.05) is 18.2 Å². The first-order valence-electron chi connectivity index (χ1n) is 13.2. The molecule has 0 saturated heterocycles. The van der Waals surface area contributed by atoms with E-state index in [4.69, 9.17) is 5.10 Å². The summed E-state index contributed by atoms with van der Waals surface area (Å²) in [6.45, 7) is 6.76. The molecular weight excluding hydrogens is 448 g/mol. The van der Waals surface area contributed by atoms with Gasteiger partial charge in [0.15, 0.2) is 0 Å². The number of hydrogen-bond donors (Lipinski definition) is 1. The molecule has 0 unspecified atom stereocenters. The highest BCUT2D eigenvalue weighted by atomic mass is 16.2. The van der Waals surface area contributed by atoms with Gasteiger partial charge in [-0.15, -0.1) is 0 Å². The third-order valence-corrected chi connectivity index (χ3v) is 7.85. The highest BCUT2D eigenvalue weighted by Gasteiger charge is 2.48. The van der Waals surface area contributed by atoms with Crippen LogP contribution in [-0.2, 0) is 24.3 Å². The lowest BCUT2D eigenvalue weighted by Gasteiger charge is -2.44. The lowest BCUT2D eigenvalue weighted by Crippen LogP contribution is -2.64. The van der Waals surface area contributed by atoms with E-state index in [0.717, 1.165) is 48.9 Å². The summed E-state index contributed by atoms with van der Waals surface area (Å²) in [7, 11) is 0. The van der Waals surface area contributed by atoms with Crippen LogP contribution in [0.2, 0.25) is 0 Å². The second-order valence-corrected chi connectivity index (χ2v) is 10.6. The molecule has 1 saturated carbocycles. The van der Waals surface area contributed by atoms with Crippen LogP contribution in [-0.4, -0.2) is 38.1 Å². The van der Waals surface area contributed by atoms with Crippen LogP contribution in [0.5, 0.6) is 0 Å². The fourth-order valence-electron chi connectivity index (χ4n) is 5.41. The lowest BCUT2D eigenvalue weighted by molar-refractivity contribution is -0.134. The van der Waals surface area contributed by atoms with Crippen molar-refractivity contribution < 1.29 is 9.59 Å². The third-order valence-electron chi connectivity index (χ3n) is 7.85. The van der Waals surface area contributed by atoms with E-state index >= 15 is 0 Å². The first-order chi connectivity index (χ1) is 17.4. The normalized spacial score (nSPS) is 20.3. The van der Waals surface area contributed by atoms with E-state index in [1.54, 1.807) is 9.58 Å². The third kappa shape index (κ3) is 4.69. The molecule has 1 aromatic heterocycles. The zero-order valence-electron chi connectivity index (χ0n) is 21.6. The van der Waals surface area contributed by atoms with E-state index in [0.29, 0.717) is 18.8 Å². The van der Waals surface area contributed by atoms with Crippen LogP contribution in [0.3, 0.4) is 0 Å². The average Bonchev–Trinajstić information content (AvgIpc) is 3.32. The molecule has 1 fully saturated rings. The molecule has 2 heterocycles. The van der Waals surface area contributed by atoms with E-state index in [9.17, 15) is 9.59 Å². The monoisotopic (exact) mass is 484 g/mol. The predicted octanol–water partition coefficient (Wildman–Crippen LogP) is 5.28. The maximum atomic E-state index is 13.9. The van der Waals surface area contributed by atoms with Crippen molar-refractivity contribution in [3.05, 3.63) is 77.0 Å². The van der Waals surface area contributed by atoms with Crippen LogP contribution in [0, 0.1) is 6.92 Å². The number of aromatic nitrogens is 2. The molecule has 1 N–H and O–H groups in total. The Kier molecular flexibility index (Phi) is 6.69. The predicted molar refractivity (Wildman–Crippen MR) is 142 cm³/mol. The fourth-order valence-corrected chi connectivity index (χ4v) is 5.41. The SMILES string of the molecule is CCc1ccc(-c2cc3n(n2)C[C@@](C)(C(=O)NC2CCCCC2)N(Cc2ccc(C)cc2)C3=O)cc1. The first-order valence-corrected chi connectivity index (χ1v) is 13.2. The Labute approximate surface area is 213 Å². The Morgan fingerprint density at radius 3 is 2.36 bits per heavy atom. The van der Waals surface area contributed by atoms with Gasteiger partial charge in [-0.3, -0.25) is 14.3 Å². The quantitative estimate of drug-likeness (QED) is 0.517. The van der Waals surface area contributed by atoms with Crippen molar-refractivity contribution in [1.82, 2.24) is 20.0 Å². The van der Waals surface area contributed by atoms with E-state index in [1.807, 2.05) is 44.2 Å². The molecule has 2 aliphatic rings. The summed E-state index contributed by atoms with van der Waals surface area (Å²) < 4.78 is 1.73. The minimum Gasteiger partial charge on any atom is -0.351 e. The topological polar surface area (TPSA) is 67.2 Å². The molecule has 188 valence electrons. The zero-order valence-corrected chi connectivity index (χ0v) is 21.6. The molecule has 0 spiro atoms. The molecule has 1 aliphatic heterocycles. The zero-order chi connectivity index (χ0) is 25.3. The maximum Gasteiger partial charge on any atom is 0.273 e. The number of amides is 2. The Bertz CT molecular complexity index is 1240. The van der Waals surface area contributed by atoms with Crippen molar-refractivity contribution in [1.29, 1.82) is 0 Å². The summed E-state index contributed by atoms with van der Waals surface area (Å²) in [5.74, 6) is -0.253. The lowest BCUT2D eigenvalue weighted by atomic mass is 9.91. The molecular formula is C30H36N4O2. The van der Waals surface area contributed by atoms with Gasteiger partial charge in [0.05, 0.1) is 12.2 Å². The summed E-state index contributed by atoms with van der Waals surface area (Å²) in [5.41, 5.74) is 4.65. The van der Waals surface area contributed by atoms with Crippen LogP contribution in [0.1, 0.15) is 73.1 Å². The van der Waals surface area contributed by atoms with Gasteiger partial charge in [-0.25, -0.2) is 0 Å². The number of aryl methyl sites for hydroxylation is 2. The molecule has 1 atom stereocenters. The highest BCUT2D eigenvalue weighted by Crippen LogP contribution is 2.32. The van der Waals surface area contributed by atoms with Gasteiger partial charge < -0.3 is 10.2 Å². The van der Waals surface area contributed by atoms with Gasteiger partial charge in [0.1, 0.15) is 11.2 Å². The van der Waals surface area contributed by atoms with Crippen LogP contribution in [0.4, 0.5) is 0 Å². The second-order valence-electron chi connectivity index (χ2n) is 10.6. The number of nitrogens with one attached hydrogen (secondary N) is 1. The Balaban J connectivity index is 1.49. The van der Waals surface area contributed by atoms with Gasteiger partial charge in [0.2, 0.25) is 5.91 Å². The molecule has 2 aromatic carbocycles. The van der Waals surface area contributed by atoms with Crippen LogP contribution >= 0.6 is 0 Å². The molecule has 2 amide bonds. The van der Waals surface area contributed by atoms with Crippen molar-refractivity contribution in [2.24, 2.45) is 0 Å². The summed E-state index contributed by atoms with van der Waals surface area (Å²) in [6.07, 6.45) is 6.47. The number of hydrogen-bond acceptors (Lipinski definition) is 3. The fraction of sp³-hybridized carbons (Fsp3) is 0.433. The molecule has 36 heavy (non-hydrogen) atoms. The smallest absolute Gasteiger partial charge is 0.273 e. The standard InChI is InChI=1S/C30H36N4O2/c1-4-22-14-16-24(17-15-22)26-18-27-28(35)33(19-23-12-10-21(2)11-13-23)30(3,20-34(27)32-26)29(36)31-25-8-6-5-7-9-25/h10-18,25H,4-9,19-20H2,1-3H3,(H,31,36)/t30-/m0/s1. The molecule has 0 radical (unpaired) electrons. The van der Waals surface area contributed by atoms with E-state index in [-0.39, 0.29) is 17.9 Å². The summed E-state index contributed by atoms with van der Waals surface area (Å²) in [4.78, 5) is 29.5. The largest absolute Gasteiger partial charge is 0.351 e. The Hall–Kier alpha value is -3.41. The van der Waals surface area contributed by atoms with E-state index in [2.05, 4.69) is 36.5 Å². The average molecular weight is 485 g/mol. The number of benzene rings is 2. The Morgan fingerprint density at radius 2 is 1.69 bits per heavy atom. The molecule has 0 bridgehead atoms. The summed E-state index contributed by atoms with van der Waals surface area (Å²) >= 11 is 0. The van der Waals surface area contributed by atoms with Crippen LogP contribution in [0.15, 0.2) is 54.6 Å². The van der Waals surface area contributed by atoms with E-state index < -0.39 is 5.54 Å². The number of nitrogens with zero attached hydrogens (tertiary/aromatic N) is 3. The molecule has 3 aromatic rings. The van der Waals surface area contributed by atoms with Gasteiger partial charge in [-0.1, -0.05) is 80.3 Å². The summed E-state index contributed by atoms with van der Waals surface area (Å²) in [5, 5.41) is 8.08. The Morgan fingerprint density at radius 1 is 1.03 bits per heavy atom. The van der Waals surface area contributed by atoms with Crippen molar-refractivity contribution in [3.8, 4) is 11.3 Å². The molecule has 6 nitrogen and oxygen atoms in total. The van der Waals surface area contributed by atoms with Crippen molar-refractivity contribution >= 4 is 11.8 Å². The minimum atomic E-state index is -1.04.